The maximum atomic E-state index is 6.12. The van der Waals surface area contributed by atoms with Crippen LogP contribution < -0.4 is 5.32 Å². The minimum atomic E-state index is -0.0827. The zero-order valence-electron chi connectivity index (χ0n) is 12.2. The Morgan fingerprint density at radius 3 is 2.79 bits per heavy atom. The Hall–Kier alpha value is -0.450. The third-order valence-electron chi connectivity index (χ3n) is 3.76. The molecule has 0 radical (unpaired) electrons. The third kappa shape index (κ3) is 3.77. The van der Waals surface area contributed by atoms with Gasteiger partial charge >= 0.3 is 0 Å². The zero-order valence-corrected chi connectivity index (χ0v) is 13.0. The van der Waals surface area contributed by atoms with E-state index >= 15 is 0 Å². The standard InChI is InChI=1S/C15H26N2OS/c1-3-10-16-11-13-12-19-14(17-13)15(18-4-2)8-6-5-7-9-15/h12,16H,3-11H2,1-2H3. The number of hydrogen-bond acceptors (Lipinski definition) is 4. The molecule has 0 amide bonds. The summed E-state index contributed by atoms with van der Waals surface area (Å²) in [5, 5.41) is 6.80. The average molecular weight is 282 g/mol. The highest BCUT2D eigenvalue weighted by atomic mass is 32.1. The van der Waals surface area contributed by atoms with Gasteiger partial charge < -0.3 is 10.1 Å². The number of nitrogens with zero attached hydrogens (tertiary/aromatic N) is 1. The summed E-state index contributed by atoms with van der Waals surface area (Å²) in [4.78, 5) is 4.83. The van der Waals surface area contributed by atoms with E-state index in [2.05, 4.69) is 24.5 Å². The molecular weight excluding hydrogens is 256 g/mol. The molecule has 0 saturated heterocycles. The molecule has 1 N–H and O–H groups in total. The van der Waals surface area contributed by atoms with E-state index in [1.807, 2.05) is 0 Å². The Labute approximate surface area is 120 Å². The molecule has 0 bridgehead atoms. The summed E-state index contributed by atoms with van der Waals surface area (Å²) >= 11 is 1.78. The highest BCUT2D eigenvalue weighted by Gasteiger charge is 2.37. The van der Waals surface area contributed by atoms with Gasteiger partial charge in [-0.25, -0.2) is 4.98 Å². The van der Waals surface area contributed by atoms with E-state index < -0.39 is 0 Å². The lowest BCUT2D eigenvalue weighted by Crippen LogP contribution is -2.32. The van der Waals surface area contributed by atoms with Crippen LogP contribution in [0.5, 0.6) is 0 Å². The van der Waals surface area contributed by atoms with Gasteiger partial charge in [-0.2, -0.15) is 0 Å². The lowest BCUT2D eigenvalue weighted by atomic mass is 9.85. The SMILES string of the molecule is CCCNCc1csc(C2(OCC)CCCCC2)n1. The predicted octanol–water partition coefficient (Wildman–Crippen LogP) is 3.84. The number of thiazole rings is 1. The highest BCUT2D eigenvalue weighted by molar-refractivity contribution is 7.09. The molecule has 1 fully saturated rings. The van der Waals surface area contributed by atoms with Crippen LogP contribution in [-0.2, 0) is 16.9 Å². The molecule has 2 rings (SSSR count). The number of hydrogen-bond donors (Lipinski definition) is 1. The molecule has 4 heteroatoms. The molecule has 19 heavy (non-hydrogen) atoms. The van der Waals surface area contributed by atoms with Crippen LogP contribution in [0.15, 0.2) is 5.38 Å². The van der Waals surface area contributed by atoms with E-state index in [1.165, 1.54) is 30.7 Å². The first-order valence-electron chi connectivity index (χ1n) is 7.60. The van der Waals surface area contributed by atoms with Crippen molar-refractivity contribution in [3.05, 3.63) is 16.1 Å². The molecule has 1 heterocycles. The Kier molecular flexibility index (Phi) is 5.79. The van der Waals surface area contributed by atoms with Gasteiger partial charge in [-0.15, -0.1) is 11.3 Å². The predicted molar refractivity (Wildman–Crippen MR) is 80.5 cm³/mol. The first-order chi connectivity index (χ1) is 9.30. The maximum absolute atomic E-state index is 6.12. The van der Waals surface area contributed by atoms with Crippen molar-refractivity contribution in [2.45, 2.75) is 64.5 Å². The molecule has 0 unspecified atom stereocenters. The number of rotatable bonds is 7. The summed E-state index contributed by atoms with van der Waals surface area (Å²) in [6.45, 7) is 7.00. The number of ether oxygens (including phenoxy) is 1. The largest absolute Gasteiger partial charge is 0.368 e. The molecular formula is C15H26N2OS. The number of aromatic nitrogens is 1. The molecule has 1 aromatic heterocycles. The highest BCUT2D eigenvalue weighted by Crippen LogP contribution is 2.41. The molecule has 1 aliphatic carbocycles. The minimum absolute atomic E-state index is 0.0827. The van der Waals surface area contributed by atoms with Gasteiger partial charge in [-0.3, -0.25) is 0 Å². The van der Waals surface area contributed by atoms with E-state index in [0.717, 1.165) is 38.2 Å². The second kappa shape index (κ2) is 7.36. The molecule has 3 nitrogen and oxygen atoms in total. The van der Waals surface area contributed by atoms with Crippen LogP contribution >= 0.6 is 11.3 Å². The topological polar surface area (TPSA) is 34.1 Å². The average Bonchev–Trinajstić information content (AvgIpc) is 2.90. The van der Waals surface area contributed by atoms with E-state index in [0.29, 0.717) is 0 Å². The summed E-state index contributed by atoms with van der Waals surface area (Å²) in [6.07, 6.45) is 7.31. The summed E-state index contributed by atoms with van der Waals surface area (Å²) in [5.74, 6) is 0. The summed E-state index contributed by atoms with van der Waals surface area (Å²) in [6, 6.07) is 0. The van der Waals surface area contributed by atoms with Crippen LogP contribution in [0.2, 0.25) is 0 Å². The Balaban J connectivity index is 2.04. The summed E-state index contributed by atoms with van der Waals surface area (Å²) in [5.41, 5.74) is 1.08. The lowest BCUT2D eigenvalue weighted by molar-refractivity contribution is -0.0705. The fraction of sp³-hybridized carbons (Fsp3) is 0.800. The van der Waals surface area contributed by atoms with Gasteiger partial charge in [0.2, 0.25) is 0 Å². The van der Waals surface area contributed by atoms with Crippen LogP contribution in [0.3, 0.4) is 0 Å². The summed E-state index contributed by atoms with van der Waals surface area (Å²) < 4.78 is 6.12. The quantitative estimate of drug-likeness (QED) is 0.772. The molecule has 1 aromatic rings. The van der Waals surface area contributed by atoms with Gasteiger partial charge in [0.15, 0.2) is 0 Å². The molecule has 0 aliphatic heterocycles. The number of nitrogens with one attached hydrogen (secondary N) is 1. The molecule has 1 aliphatic rings. The maximum Gasteiger partial charge on any atom is 0.125 e. The van der Waals surface area contributed by atoms with E-state index in [1.54, 1.807) is 11.3 Å². The monoisotopic (exact) mass is 282 g/mol. The van der Waals surface area contributed by atoms with Crippen LogP contribution in [0.25, 0.3) is 0 Å². The van der Waals surface area contributed by atoms with Crippen molar-refractivity contribution in [1.29, 1.82) is 0 Å². The van der Waals surface area contributed by atoms with Crippen molar-refractivity contribution in [3.8, 4) is 0 Å². The van der Waals surface area contributed by atoms with Gasteiger partial charge in [0, 0.05) is 18.5 Å². The fourth-order valence-electron chi connectivity index (χ4n) is 2.81. The van der Waals surface area contributed by atoms with E-state index in [4.69, 9.17) is 9.72 Å². The van der Waals surface area contributed by atoms with Crippen molar-refractivity contribution >= 4 is 11.3 Å². The van der Waals surface area contributed by atoms with Crippen molar-refractivity contribution in [3.63, 3.8) is 0 Å². The Bertz CT molecular complexity index is 366. The van der Waals surface area contributed by atoms with Crippen molar-refractivity contribution < 1.29 is 4.74 Å². The molecule has 0 atom stereocenters. The van der Waals surface area contributed by atoms with Crippen LogP contribution in [0.1, 0.15) is 63.1 Å². The zero-order chi connectivity index (χ0) is 13.6. The van der Waals surface area contributed by atoms with Gasteiger partial charge in [0.25, 0.3) is 0 Å². The van der Waals surface area contributed by atoms with Gasteiger partial charge in [0.1, 0.15) is 10.6 Å². The van der Waals surface area contributed by atoms with Gasteiger partial charge in [0.05, 0.1) is 5.69 Å². The second-order valence-corrected chi connectivity index (χ2v) is 6.17. The van der Waals surface area contributed by atoms with Crippen molar-refractivity contribution in [2.75, 3.05) is 13.2 Å². The Morgan fingerprint density at radius 2 is 2.11 bits per heavy atom. The Morgan fingerprint density at radius 1 is 1.32 bits per heavy atom. The van der Waals surface area contributed by atoms with Crippen molar-refractivity contribution in [1.82, 2.24) is 10.3 Å². The first kappa shape index (κ1) is 14.9. The van der Waals surface area contributed by atoms with E-state index in [9.17, 15) is 0 Å². The minimum Gasteiger partial charge on any atom is -0.368 e. The molecule has 1 saturated carbocycles. The summed E-state index contributed by atoms with van der Waals surface area (Å²) in [7, 11) is 0. The molecule has 0 spiro atoms. The van der Waals surface area contributed by atoms with Crippen LogP contribution in [-0.4, -0.2) is 18.1 Å². The third-order valence-corrected chi connectivity index (χ3v) is 4.83. The first-order valence-corrected chi connectivity index (χ1v) is 8.48. The normalized spacial score (nSPS) is 18.6. The van der Waals surface area contributed by atoms with Gasteiger partial charge in [-0.1, -0.05) is 26.2 Å². The van der Waals surface area contributed by atoms with Gasteiger partial charge in [-0.05, 0) is 32.7 Å². The van der Waals surface area contributed by atoms with Crippen LogP contribution in [0.4, 0.5) is 0 Å². The van der Waals surface area contributed by atoms with Crippen molar-refractivity contribution in [2.24, 2.45) is 0 Å². The molecule has 0 aromatic carbocycles. The lowest BCUT2D eigenvalue weighted by Gasteiger charge is -2.35. The smallest absolute Gasteiger partial charge is 0.125 e. The fourth-order valence-corrected chi connectivity index (χ4v) is 3.84. The van der Waals surface area contributed by atoms with E-state index in [-0.39, 0.29) is 5.60 Å². The second-order valence-electron chi connectivity index (χ2n) is 5.31. The molecule has 108 valence electrons. The van der Waals surface area contributed by atoms with Crippen LogP contribution in [0, 0.1) is 0 Å².